The van der Waals surface area contributed by atoms with Crippen molar-refractivity contribution >= 4 is 17.3 Å². The number of rotatable bonds is 6. The second-order valence-corrected chi connectivity index (χ2v) is 7.54. The van der Waals surface area contributed by atoms with Gasteiger partial charge in [0.25, 0.3) is 0 Å². The Labute approximate surface area is 176 Å². The quantitative estimate of drug-likeness (QED) is 0.543. The van der Waals surface area contributed by atoms with E-state index in [2.05, 4.69) is 27.2 Å². The minimum absolute atomic E-state index is 0.270. The van der Waals surface area contributed by atoms with E-state index in [1.54, 1.807) is 0 Å². The van der Waals surface area contributed by atoms with Crippen LogP contribution < -0.4 is 15.8 Å². The Bertz CT molecular complexity index is 1010. The summed E-state index contributed by atoms with van der Waals surface area (Å²) in [4.78, 5) is 10.8. The summed E-state index contributed by atoms with van der Waals surface area (Å²) in [5.41, 5.74) is 7.69. The lowest BCUT2D eigenvalue weighted by Gasteiger charge is -2.31. The largest absolute Gasteiger partial charge is 0.457 e. The molecule has 0 unspecified atom stereocenters. The molecule has 4 rings (SSSR count). The van der Waals surface area contributed by atoms with Gasteiger partial charge in [0.05, 0.1) is 11.3 Å². The Kier molecular flexibility index (Phi) is 5.90. The average molecular weight is 403 g/mol. The van der Waals surface area contributed by atoms with Gasteiger partial charge >= 0.3 is 0 Å². The van der Waals surface area contributed by atoms with Gasteiger partial charge in [0, 0.05) is 18.2 Å². The van der Waals surface area contributed by atoms with Crippen LogP contribution in [-0.4, -0.2) is 46.8 Å². The van der Waals surface area contributed by atoms with Crippen LogP contribution in [0.15, 0.2) is 60.9 Å². The molecule has 30 heavy (non-hydrogen) atoms. The van der Waals surface area contributed by atoms with Crippen molar-refractivity contribution in [3.8, 4) is 11.5 Å². The Morgan fingerprint density at radius 1 is 1.10 bits per heavy atom. The topological polar surface area (TPSA) is 100 Å². The smallest absolute Gasteiger partial charge is 0.141 e. The number of benzene rings is 2. The van der Waals surface area contributed by atoms with Crippen LogP contribution in [0.25, 0.3) is 0 Å². The molecule has 3 aromatic rings. The number of nitrogens with two attached hydrogens (primary N) is 1. The van der Waals surface area contributed by atoms with Crippen molar-refractivity contribution in [3.05, 3.63) is 72.1 Å². The van der Waals surface area contributed by atoms with Gasteiger partial charge in [-0.05, 0) is 62.8 Å². The Hall–Kier alpha value is -3.45. The van der Waals surface area contributed by atoms with E-state index in [9.17, 15) is 0 Å². The molecule has 7 heteroatoms. The third-order valence-corrected chi connectivity index (χ3v) is 5.21. The summed E-state index contributed by atoms with van der Waals surface area (Å²) in [7, 11) is 2.12. The van der Waals surface area contributed by atoms with E-state index in [4.69, 9.17) is 15.9 Å². The second-order valence-electron chi connectivity index (χ2n) is 7.54. The van der Waals surface area contributed by atoms with Crippen LogP contribution in [0.4, 0.5) is 11.6 Å². The Morgan fingerprint density at radius 2 is 1.83 bits per heavy atom. The van der Waals surface area contributed by atoms with Gasteiger partial charge in [0.2, 0.25) is 0 Å². The van der Waals surface area contributed by atoms with Crippen LogP contribution in [0.1, 0.15) is 24.0 Å². The molecule has 0 saturated carbocycles. The van der Waals surface area contributed by atoms with Crippen LogP contribution in [0, 0.1) is 5.41 Å². The molecule has 1 aromatic heterocycles. The van der Waals surface area contributed by atoms with Crippen molar-refractivity contribution in [2.45, 2.75) is 18.9 Å². The lowest BCUT2D eigenvalue weighted by molar-refractivity contribution is 0.260. The highest BCUT2D eigenvalue weighted by Gasteiger charge is 2.22. The minimum atomic E-state index is 0.270. The number of hydrogen-bond acceptors (Lipinski definition) is 7. The zero-order valence-corrected chi connectivity index (χ0v) is 17.0. The molecule has 0 radical (unpaired) electrons. The van der Waals surface area contributed by atoms with E-state index in [0.29, 0.717) is 22.9 Å². The summed E-state index contributed by atoms with van der Waals surface area (Å²) in [6.45, 7) is 2.03. The van der Waals surface area contributed by atoms with Gasteiger partial charge in [-0.1, -0.05) is 18.2 Å². The van der Waals surface area contributed by atoms with Gasteiger partial charge < -0.3 is 20.7 Å². The van der Waals surface area contributed by atoms with Gasteiger partial charge in [-0.25, -0.2) is 9.97 Å². The lowest BCUT2D eigenvalue weighted by Crippen LogP contribution is -2.40. The molecule has 1 saturated heterocycles. The molecule has 154 valence electrons. The van der Waals surface area contributed by atoms with Crippen LogP contribution in [-0.2, 0) is 0 Å². The van der Waals surface area contributed by atoms with Crippen molar-refractivity contribution in [3.63, 3.8) is 0 Å². The lowest BCUT2D eigenvalue weighted by atomic mass is 10.0. The third kappa shape index (κ3) is 4.58. The van der Waals surface area contributed by atoms with E-state index < -0.39 is 0 Å². The van der Waals surface area contributed by atoms with Gasteiger partial charge in [0.15, 0.2) is 0 Å². The molecule has 2 aromatic carbocycles. The molecule has 4 N–H and O–H groups in total. The number of anilines is 2. The first kappa shape index (κ1) is 19.8. The summed E-state index contributed by atoms with van der Waals surface area (Å²) in [5, 5.41) is 12.2. The van der Waals surface area contributed by atoms with E-state index in [-0.39, 0.29) is 11.8 Å². The number of piperidine rings is 1. The molecule has 0 amide bonds. The Morgan fingerprint density at radius 3 is 2.57 bits per heavy atom. The molecule has 0 bridgehead atoms. The maximum absolute atomic E-state index is 8.75. The molecule has 2 heterocycles. The van der Waals surface area contributed by atoms with Crippen molar-refractivity contribution in [2.75, 3.05) is 31.2 Å². The molecule has 1 atom stereocenters. The highest BCUT2D eigenvalue weighted by molar-refractivity contribution is 6.16. The first-order chi connectivity index (χ1) is 14.6. The van der Waals surface area contributed by atoms with Gasteiger partial charge in [-0.15, -0.1) is 0 Å². The fraction of sp³-hybridized carbons (Fsp3) is 0.261. The summed E-state index contributed by atoms with van der Waals surface area (Å²) in [5.74, 6) is 2.38. The summed E-state index contributed by atoms with van der Waals surface area (Å²) >= 11 is 0. The number of nitrogen functional groups attached to an aromatic ring is 1. The van der Waals surface area contributed by atoms with E-state index in [0.717, 1.165) is 37.2 Å². The highest BCUT2D eigenvalue weighted by atomic mass is 16.5. The normalized spacial score (nSPS) is 16.8. The first-order valence-electron chi connectivity index (χ1n) is 10.1. The zero-order chi connectivity index (χ0) is 20.9. The molecular formula is C23H26N6O. The van der Waals surface area contributed by atoms with Gasteiger partial charge in [0.1, 0.15) is 29.5 Å². The molecule has 0 aliphatic carbocycles. The maximum Gasteiger partial charge on any atom is 0.141 e. The number of para-hydroxylation sites is 1. The van der Waals surface area contributed by atoms with Crippen molar-refractivity contribution in [1.82, 2.24) is 14.9 Å². The van der Waals surface area contributed by atoms with Gasteiger partial charge in [-0.2, -0.15) is 0 Å². The fourth-order valence-corrected chi connectivity index (χ4v) is 3.69. The van der Waals surface area contributed by atoms with E-state index in [1.807, 2.05) is 54.6 Å². The Balaban J connectivity index is 1.54. The number of nitrogens with one attached hydrogen (secondary N) is 2. The van der Waals surface area contributed by atoms with Crippen LogP contribution in [0.3, 0.4) is 0 Å². The number of hydrogen-bond donors (Lipinski definition) is 3. The highest BCUT2D eigenvalue weighted by Crippen LogP contribution is 2.26. The van der Waals surface area contributed by atoms with Crippen molar-refractivity contribution in [2.24, 2.45) is 0 Å². The number of likely N-dealkylation sites (N-methyl/N-ethyl adjacent to an activating group) is 1. The molecule has 1 fully saturated rings. The second kappa shape index (κ2) is 8.92. The van der Waals surface area contributed by atoms with Crippen LogP contribution >= 0.6 is 0 Å². The summed E-state index contributed by atoms with van der Waals surface area (Å²) < 4.78 is 5.84. The van der Waals surface area contributed by atoms with E-state index in [1.165, 1.54) is 6.33 Å². The number of ether oxygens (including phenoxy) is 1. The van der Waals surface area contributed by atoms with Crippen LogP contribution in [0.2, 0.25) is 0 Å². The maximum atomic E-state index is 8.75. The van der Waals surface area contributed by atoms with Gasteiger partial charge in [-0.3, -0.25) is 5.41 Å². The molecule has 0 spiro atoms. The third-order valence-electron chi connectivity index (χ3n) is 5.21. The first-order valence-corrected chi connectivity index (χ1v) is 10.1. The SMILES string of the molecule is CN1CCC[C@@H](Nc2ncnc(N)c2C(=N)c2ccc(Oc3ccccc3)cc2)C1. The molecule has 1 aliphatic heterocycles. The fourth-order valence-electron chi connectivity index (χ4n) is 3.69. The predicted octanol–water partition coefficient (Wildman–Crippen LogP) is 3.77. The predicted molar refractivity (Wildman–Crippen MR) is 119 cm³/mol. The molecule has 1 aliphatic rings. The van der Waals surface area contributed by atoms with E-state index >= 15 is 0 Å². The number of aromatic nitrogens is 2. The van der Waals surface area contributed by atoms with Crippen LogP contribution in [0.5, 0.6) is 11.5 Å². The monoisotopic (exact) mass is 402 g/mol. The number of likely N-dealkylation sites (tertiary alicyclic amines) is 1. The standard InChI is InChI=1S/C23H26N6O/c1-29-13-5-6-17(14-29)28-23-20(22(25)26-15-27-23)21(24)16-9-11-19(12-10-16)30-18-7-3-2-4-8-18/h2-4,7-12,15,17,24H,5-6,13-14H2,1H3,(H3,25,26,27,28)/t17-/m1/s1. The van der Waals surface area contributed by atoms with Crippen molar-refractivity contribution in [1.29, 1.82) is 5.41 Å². The summed E-state index contributed by atoms with van der Waals surface area (Å²) in [6.07, 6.45) is 3.63. The number of nitrogens with zero attached hydrogens (tertiary/aromatic N) is 3. The molecule has 7 nitrogen and oxygen atoms in total. The minimum Gasteiger partial charge on any atom is -0.457 e. The zero-order valence-electron chi connectivity index (χ0n) is 17.0. The summed E-state index contributed by atoms with van der Waals surface area (Å²) in [6, 6.07) is 17.3. The average Bonchev–Trinajstić information content (AvgIpc) is 2.75. The molecular weight excluding hydrogens is 376 g/mol. The van der Waals surface area contributed by atoms with Crippen molar-refractivity contribution < 1.29 is 4.74 Å².